The van der Waals surface area contributed by atoms with Crippen molar-refractivity contribution in [3.63, 3.8) is 0 Å². The van der Waals surface area contributed by atoms with Gasteiger partial charge in [-0.2, -0.15) is 0 Å². The van der Waals surface area contributed by atoms with Crippen molar-refractivity contribution in [2.75, 3.05) is 33.4 Å². The second-order valence-electron chi connectivity index (χ2n) is 3.63. The van der Waals surface area contributed by atoms with Crippen molar-refractivity contribution >= 4 is 6.03 Å². The molecule has 1 unspecified atom stereocenters. The average molecular weight is 200 g/mol. The van der Waals surface area contributed by atoms with E-state index < -0.39 is 0 Å². The molecule has 1 saturated heterocycles. The van der Waals surface area contributed by atoms with Gasteiger partial charge in [-0.25, -0.2) is 4.79 Å². The molecule has 0 aromatic carbocycles. The van der Waals surface area contributed by atoms with Crippen molar-refractivity contribution in [1.82, 2.24) is 9.80 Å². The van der Waals surface area contributed by atoms with Crippen molar-refractivity contribution in [3.05, 3.63) is 0 Å². The zero-order valence-corrected chi connectivity index (χ0v) is 9.32. The van der Waals surface area contributed by atoms with Crippen LogP contribution in [0.1, 0.15) is 20.3 Å². The zero-order valence-electron chi connectivity index (χ0n) is 9.32. The Morgan fingerprint density at radius 3 is 2.86 bits per heavy atom. The maximum absolute atomic E-state index is 11.9. The molecule has 4 heteroatoms. The van der Waals surface area contributed by atoms with Crippen LogP contribution in [0.15, 0.2) is 0 Å². The zero-order chi connectivity index (χ0) is 10.6. The number of hydrogen-bond acceptors (Lipinski definition) is 2. The van der Waals surface area contributed by atoms with Crippen molar-refractivity contribution < 1.29 is 9.53 Å². The Kier molecular flexibility index (Phi) is 4.20. The fraction of sp³-hybridized carbons (Fsp3) is 0.900. The second-order valence-corrected chi connectivity index (χ2v) is 3.63. The van der Waals surface area contributed by atoms with Crippen molar-refractivity contribution in [2.24, 2.45) is 0 Å². The van der Waals surface area contributed by atoms with Crippen LogP contribution in [0.3, 0.4) is 0 Å². The maximum Gasteiger partial charge on any atom is 0.320 e. The van der Waals surface area contributed by atoms with E-state index in [-0.39, 0.29) is 12.1 Å². The first-order valence-electron chi connectivity index (χ1n) is 5.30. The number of nitrogens with zero attached hydrogens (tertiary/aromatic N) is 2. The van der Waals surface area contributed by atoms with E-state index in [1.807, 2.05) is 18.9 Å². The molecule has 0 aliphatic carbocycles. The molecule has 1 heterocycles. The Bertz CT molecular complexity index is 197. The van der Waals surface area contributed by atoms with Gasteiger partial charge >= 0.3 is 6.03 Å². The van der Waals surface area contributed by atoms with Gasteiger partial charge in [0.15, 0.2) is 0 Å². The van der Waals surface area contributed by atoms with E-state index in [2.05, 4.69) is 6.92 Å². The smallest absolute Gasteiger partial charge is 0.320 e. The molecule has 1 atom stereocenters. The predicted octanol–water partition coefficient (Wildman–Crippen LogP) is 1.17. The van der Waals surface area contributed by atoms with E-state index in [9.17, 15) is 4.79 Å². The molecule has 1 rings (SSSR count). The van der Waals surface area contributed by atoms with Gasteiger partial charge in [-0.05, 0) is 13.3 Å². The van der Waals surface area contributed by atoms with Crippen LogP contribution in [-0.2, 0) is 4.74 Å². The summed E-state index contributed by atoms with van der Waals surface area (Å²) in [4.78, 5) is 15.6. The quantitative estimate of drug-likeness (QED) is 0.670. The molecule has 1 aliphatic rings. The van der Waals surface area contributed by atoms with Crippen LogP contribution >= 0.6 is 0 Å². The lowest BCUT2D eigenvalue weighted by molar-refractivity contribution is 0.00471. The monoisotopic (exact) mass is 200 g/mol. The van der Waals surface area contributed by atoms with E-state index in [0.29, 0.717) is 13.2 Å². The third kappa shape index (κ3) is 2.38. The Morgan fingerprint density at radius 1 is 1.57 bits per heavy atom. The number of morpholine rings is 1. The molecule has 0 N–H and O–H groups in total. The third-order valence-electron chi connectivity index (χ3n) is 2.75. The van der Waals surface area contributed by atoms with Crippen molar-refractivity contribution in [3.8, 4) is 0 Å². The molecule has 0 aromatic rings. The van der Waals surface area contributed by atoms with Crippen LogP contribution in [0.5, 0.6) is 0 Å². The number of ether oxygens (including phenoxy) is 1. The van der Waals surface area contributed by atoms with E-state index in [0.717, 1.165) is 19.5 Å². The van der Waals surface area contributed by atoms with Crippen molar-refractivity contribution in [2.45, 2.75) is 26.3 Å². The Labute approximate surface area is 85.8 Å². The van der Waals surface area contributed by atoms with Crippen LogP contribution in [0.4, 0.5) is 4.79 Å². The van der Waals surface area contributed by atoms with Crippen LogP contribution < -0.4 is 0 Å². The highest BCUT2D eigenvalue weighted by molar-refractivity contribution is 5.74. The molecule has 2 amide bonds. The first-order chi connectivity index (χ1) is 6.70. The maximum atomic E-state index is 11.9. The van der Waals surface area contributed by atoms with Gasteiger partial charge in [0.25, 0.3) is 0 Å². The molecule has 1 aliphatic heterocycles. The molecule has 0 radical (unpaired) electrons. The lowest BCUT2D eigenvalue weighted by atomic mass is 10.2. The minimum atomic E-state index is 0.127. The van der Waals surface area contributed by atoms with Crippen LogP contribution in [0.2, 0.25) is 0 Å². The molecule has 0 aromatic heterocycles. The van der Waals surface area contributed by atoms with Crippen LogP contribution in [0, 0.1) is 0 Å². The summed E-state index contributed by atoms with van der Waals surface area (Å²) >= 11 is 0. The summed E-state index contributed by atoms with van der Waals surface area (Å²) in [6, 6.07) is 0.382. The van der Waals surface area contributed by atoms with E-state index in [4.69, 9.17) is 4.74 Å². The summed E-state index contributed by atoms with van der Waals surface area (Å²) in [7, 11) is 1.84. The first-order valence-corrected chi connectivity index (χ1v) is 5.30. The van der Waals surface area contributed by atoms with E-state index >= 15 is 0 Å². The number of rotatable bonds is 2. The van der Waals surface area contributed by atoms with Crippen LogP contribution in [0.25, 0.3) is 0 Å². The highest BCUT2D eigenvalue weighted by Crippen LogP contribution is 2.12. The SMILES string of the molecule is CCC1COCCN1C(=O)N(C)CC. The molecular weight excluding hydrogens is 180 g/mol. The average Bonchev–Trinajstić information content (AvgIpc) is 2.26. The van der Waals surface area contributed by atoms with Gasteiger partial charge in [-0.3, -0.25) is 0 Å². The summed E-state index contributed by atoms with van der Waals surface area (Å²) in [5.74, 6) is 0. The molecular formula is C10H20N2O2. The highest BCUT2D eigenvalue weighted by atomic mass is 16.5. The van der Waals surface area contributed by atoms with Gasteiger partial charge in [0.05, 0.1) is 19.3 Å². The normalized spacial score (nSPS) is 22.2. The molecule has 1 fully saturated rings. The highest BCUT2D eigenvalue weighted by Gasteiger charge is 2.27. The summed E-state index contributed by atoms with van der Waals surface area (Å²) in [5, 5.41) is 0. The van der Waals surface area contributed by atoms with Gasteiger partial charge in [-0.1, -0.05) is 6.92 Å². The molecule has 82 valence electrons. The summed E-state index contributed by atoms with van der Waals surface area (Å²) in [5.41, 5.74) is 0. The number of carbonyl (C=O) groups is 1. The molecule has 4 nitrogen and oxygen atoms in total. The molecule has 0 spiro atoms. The predicted molar refractivity (Wildman–Crippen MR) is 55.3 cm³/mol. The van der Waals surface area contributed by atoms with E-state index in [1.54, 1.807) is 4.90 Å². The molecule has 0 saturated carbocycles. The topological polar surface area (TPSA) is 32.8 Å². The number of urea groups is 1. The lowest BCUT2D eigenvalue weighted by Gasteiger charge is -2.37. The molecule has 0 bridgehead atoms. The summed E-state index contributed by atoms with van der Waals surface area (Å²) in [6.07, 6.45) is 0.962. The lowest BCUT2D eigenvalue weighted by Crippen LogP contribution is -2.52. The Hall–Kier alpha value is -0.770. The largest absolute Gasteiger partial charge is 0.377 e. The van der Waals surface area contributed by atoms with Gasteiger partial charge < -0.3 is 14.5 Å². The summed E-state index contributed by atoms with van der Waals surface area (Å²) in [6.45, 7) is 6.90. The van der Waals surface area contributed by atoms with Gasteiger partial charge in [0.2, 0.25) is 0 Å². The fourth-order valence-corrected chi connectivity index (χ4v) is 1.60. The molecule has 14 heavy (non-hydrogen) atoms. The van der Waals surface area contributed by atoms with Crippen LogP contribution in [-0.4, -0.2) is 55.2 Å². The second kappa shape index (κ2) is 5.20. The standard InChI is InChI=1S/C10H20N2O2/c1-4-9-8-14-7-6-12(9)10(13)11(3)5-2/h9H,4-8H2,1-3H3. The number of carbonyl (C=O) groups excluding carboxylic acids is 1. The Morgan fingerprint density at radius 2 is 2.29 bits per heavy atom. The third-order valence-corrected chi connectivity index (χ3v) is 2.75. The van der Waals surface area contributed by atoms with Gasteiger partial charge in [0.1, 0.15) is 0 Å². The van der Waals surface area contributed by atoms with E-state index in [1.165, 1.54) is 0 Å². The first kappa shape index (κ1) is 11.3. The van der Waals surface area contributed by atoms with Gasteiger partial charge in [0, 0.05) is 20.1 Å². The minimum Gasteiger partial charge on any atom is -0.377 e. The minimum absolute atomic E-state index is 0.127. The summed E-state index contributed by atoms with van der Waals surface area (Å²) < 4.78 is 5.35. The van der Waals surface area contributed by atoms with Crippen molar-refractivity contribution in [1.29, 1.82) is 0 Å². The number of hydrogen-bond donors (Lipinski definition) is 0. The Balaban J connectivity index is 2.58. The fourth-order valence-electron chi connectivity index (χ4n) is 1.60. The number of amides is 2. The van der Waals surface area contributed by atoms with Gasteiger partial charge in [-0.15, -0.1) is 0 Å².